The quantitative estimate of drug-likeness (QED) is 0.331. The Balaban J connectivity index is 1.50. The highest BCUT2D eigenvalue weighted by Gasteiger charge is 2.16. The van der Waals surface area contributed by atoms with Crippen molar-refractivity contribution in [1.29, 1.82) is 0 Å². The molecule has 0 unspecified atom stereocenters. The molecule has 2 aromatic heterocycles. The molecular formula is C29H32N4O2. The van der Waals surface area contributed by atoms with Gasteiger partial charge in [0.15, 0.2) is 5.82 Å². The lowest BCUT2D eigenvalue weighted by atomic mass is 10.0. The maximum atomic E-state index is 6.15. The topological polar surface area (TPSA) is 69.2 Å². The number of nitrogens with zero attached hydrogens (tertiary/aromatic N) is 3. The van der Waals surface area contributed by atoms with E-state index < -0.39 is 0 Å². The Morgan fingerprint density at radius 1 is 1.03 bits per heavy atom. The highest BCUT2D eigenvalue weighted by Crippen LogP contribution is 2.30. The standard InChI is InChI=1S/C29H32N4O2/c1-19(2)21-6-9-23(10-7-21)31-29-25-11-8-22(28-20(3)5-4-14-30-28)17-26(25)32-27(33-29)18-35-24-12-15-34-16-13-24/h4-11,14,17,19,24H,12-13,15-16,18H2,1-3H3,(H,31,32,33). The van der Waals surface area contributed by atoms with Crippen molar-refractivity contribution in [2.75, 3.05) is 18.5 Å². The lowest BCUT2D eigenvalue weighted by molar-refractivity contribution is -0.0408. The Kier molecular flexibility index (Phi) is 7.02. The fraction of sp³-hybridized carbons (Fsp3) is 0.345. The van der Waals surface area contributed by atoms with Gasteiger partial charge in [-0.2, -0.15) is 0 Å². The van der Waals surface area contributed by atoms with Crippen molar-refractivity contribution >= 4 is 22.4 Å². The van der Waals surface area contributed by atoms with Crippen LogP contribution in [0.25, 0.3) is 22.2 Å². The van der Waals surface area contributed by atoms with E-state index in [1.165, 1.54) is 5.56 Å². The monoisotopic (exact) mass is 468 g/mol. The van der Waals surface area contributed by atoms with Crippen LogP contribution in [-0.4, -0.2) is 34.3 Å². The molecule has 6 nitrogen and oxygen atoms in total. The van der Waals surface area contributed by atoms with Gasteiger partial charge in [-0.1, -0.05) is 38.1 Å². The van der Waals surface area contributed by atoms with Crippen molar-refractivity contribution in [3.05, 3.63) is 77.7 Å². The Morgan fingerprint density at radius 2 is 1.83 bits per heavy atom. The van der Waals surface area contributed by atoms with E-state index in [4.69, 9.17) is 19.4 Å². The maximum absolute atomic E-state index is 6.15. The molecule has 2 aromatic carbocycles. The third-order valence-corrected chi connectivity index (χ3v) is 6.48. The van der Waals surface area contributed by atoms with Crippen LogP contribution in [0.3, 0.4) is 0 Å². The van der Waals surface area contributed by atoms with E-state index >= 15 is 0 Å². The summed E-state index contributed by atoms with van der Waals surface area (Å²) in [6, 6.07) is 18.8. The molecule has 0 amide bonds. The summed E-state index contributed by atoms with van der Waals surface area (Å²) in [4.78, 5) is 14.3. The van der Waals surface area contributed by atoms with E-state index in [9.17, 15) is 0 Å². The smallest absolute Gasteiger partial charge is 0.157 e. The highest BCUT2D eigenvalue weighted by molar-refractivity contribution is 5.93. The van der Waals surface area contributed by atoms with Crippen LogP contribution in [-0.2, 0) is 16.1 Å². The summed E-state index contributed by atoms with van der Waals surface area (Å²) in [5, 5.41) is 4.48. The second-order valence-corrected chi connectivity index (χ2v) is 9.41. The van der Waals surface area contributed by atoms with E-state index in [0.717, 1.165) is 65.3 Å². The number of fused-ring (bicyclic) bond motifs is 1. The first-order valence-corrected chi connectivity index (χ1v) is 12.4. The minimum Gasteiger partial charge on any atom is -0.381 e. The van der Waals surface area contributed by atoms with Gasteiger partial charge in [0.2, 0.25) is 0 Å². The van der Waals surface area contributed by atoms with Crippen LogP contribution in [0, 0.1) is 6.92 Å². The number of nitrogens with one attached hydrogen (secondary N) is 1. The molecule has 0 atom stereocenters. The number of rotatable bonds is 7. The van der Waals surface area contributed by atoms with E-state index in [1.807, 2.05) is 12.3 Å². The number of hydrogen-bond acceptors (Lipinski definition) is 6. The minimum atomic E-state index is 0.186. The average molecular weight is 469 g/mol. The molecule has 5 rings (SSSR count). The molecule has 3 heterocycles. The SMILES string of the molecule is Cc1cccnc1-c1ccc2c(Nc3ccc(C(C)C)cc3)nc(COC3CCOCC3)nc2c1. The molecule has 4 aromatic rings. The Bertz CT molecular complexity index is 1300. The summed E-state index contributed by atoms with van der Waals surface area (Å²) in [7, 11) is 0. The Hall–Kier alpha value is -3.35. The van der Waals surface area contributed by atoms with Crippen molar-refractivity contribution in [1.82, 2.24) is 15.0 Å². The summed E-state index contributed by atoms with van der Waals surface area (Å²) >= 11 is 0. The van der Waals surface area contributed by atoms with Gasteiger partial charge in [-0.3, -0.25) is 4.98 Å². The second kappa shape index (κ2) is 10.5. The zero-order valence-electron chi connectivity index (χ0n) is 20.6. The molecule has 0 radical (unpaired) electrons. The van der Waals surface area contributed by atoms with Crippen LogP contribution in [0.4, 0.5) is 11.5 Å². The number of hydrogen-bond donors (Lipinski definition) is 1. The molecule has 6 heteroatoms. The number of aromatic nitrogens is 3. The summed E-state index contributed by atoms with van der Waals surface area (Å²) in [6.45, 7) is 8.34. The summed E-state index contributed by atoms with van der Waals surface area (Å²) in [5.74, 6) is 1.94. The van der Waals surface area contributed by atoms with Crippen LogP contribution in [0.2, 0.25) is 0 Å². The van der Waals surface area contributed by atoms with Crippen LogP contribution in [0.15, 0.2) is 60.8 Å². The molecule has 0 aliphatic carbocycles. The predicted octanol–water partition coefficient (Wildman–Crippen LogP) is 6.56. The number of ether oxygens (including phenoxy) is 2. The third-order valence-electron chi connectivity index (χ3n) is 6.48. The summed E-state index contributed by atoms with van der Waals surface area (Å²) < 4.78 is 11.6. The molecule has 35 heavy (non-hydrogen) atoms. The van der Waals surface area contributed by atoms with Gasteiger partial charge in [0.1, 0.15) is 12.4 Å². The molecule has 1 saturated heterocycles. The van der Waals surface area contributed by atoms with Crippen LogP contribution in [0.1, 0.15) is 49.6 Å². The van der Waals surface area contributed by atoms with Crippen molar-refractivity contribution in [3.8, 4) is 11.3 Å². The summed E-state index contributed by atoms with van der Waals surface area (Å²) in [5.41, 5.74) is 6.31. The van der Waals surface area contributed by atoms with Gasteiger partial charge >= 0.3 is 0 Å². The van der Waals surface area contributed by atoms with E-state index in [0.29, 0.717) is 18.3 Å². The molecule has 0 bridgehead atoms. The van der Waals surface area contributed by atoms with Gasteiger partial charge in [0.25, 0.3) is 0 Å². The Labute approximate surface area is 206 Å². The van der Waals surface area contributed by atoms with Crippen molar-refractivity contribution in [2.45, 2.75) is 52.2 Å². The van der Waals surface area contributed by atoms with Crippen molar-refractivity contribution < 1.29 is 9.47 Å². The fourth-order valence-electron chi connectivity index (χ4n) is 4.40. The molecule has 1 N–H and O–H groups in total. The van der Waals surface area contributed by atoms with E-state index in [2.05, 4.69) is 79.6 Å². The van der Waals surface area contributed by atoms with E-state index in [-0.39, 0.29) is 6.10 Å². The van der Waals surface area contributed by atoms with Gasteiger partial charge in [-0.15, -0.1) is 0 Å². The lowest BCUT2D eigenvalue weighted by Crippen LogP contribution is -2.23. The molecular weight excluding hydrogens is 436 g/mol. The molecule has 0 saturated carbocycles. The predicted molar refractivity (Wildman–Crippen MR) is 140 cm³/mol. The van der Waals surface area contributed by atoms with Gasteiger partial charge in [0, 0.05) is 36.0 Å². The second-order valence-electron chi connectivity index (χ2n) is 9.41. The first-order valence-electron chi connectivity index (χ1n) is 12.4. The minimum absolute atomic E-state index is 0.186. The van der Waals surface area contributed by atoms with Gasteiger partial charge < -0.3 is 14.8 Å². The lowest BCUT2D eigenvalue weighted by Gasteiger charge is -2.22. The first kappa shape index (κ1) is 23.4. The molecule has 1 fully saturated rings. The van der Waals surface area contributed by atoms with Crippen molar-refractivity contribution in [3.63, 3.8) is 0 Å². The normalized spacial score (nSPS) is 14.5. The molecule has 1 aliphatic heterocycles. The fourth-order valence-corrected chi connectivity index (χ4v) is 4.40. The molecule has 1 aliphatic rings. The zero-order chi connectivity index (χ0) is 24.2. The third kappa shape index (κ3) is 5.50. The molecule has 0 spiro atoms. The van der Waals surface area contributed by atoms with Gasteiger partial charge in [0.05, 0.1) is 17.3 Å². The Morgan fingerprint density at radius 3 is 2.57 bits per heavy atom. The van der Waals surface area contributed by atoms with E-state index in [1.54, 1.807) is 0 Å². The van der Waals surface area contributed by atoms with Crippen LogP contribution in [0.5, 0.6) is 0 Å². The number of aryl methyl sites for hydroxylation is 1. The van der Waals surface area contributed by atoms with Gasteiger partial charge in [-0.05, 0) is 67.1 Å². The maximum Gasteiger partial charge on any atom is 0.157 e. The van der Waals surface area contributed by atoms with Crippen LogP contribution < -0.4 is 5.32 Å². The van der Waals surface area contributed by atoms with Crippen LogP contribution >= 0.6 is 0 Å². The highest BCUT2D eigenvalue weighted by atomic mass is 16.5. The number of anilines is 2. The largest absolute Gasteiger partial charge is 0.381 e. The molecule has 180 valence electrons. The average Bonchev–Trinajstić information content (AvgIpc) is 2.88. The first-order chi connectivity index (χ1) is 17.1. The van der Waals surface area contributed by atoms with Gasteiger partial charge in [-0.25, -0.2) is 9.97 Å². The van der Waals surface area contributed by atoms with Crippen molar-refractivity contribution in [2.24, 2.45) is 0 Å². The number of pyridine rings is 1. The number of benzene rings is 2. The summed E-state index contributed by atoms with van der Waals surface area (Å²) in [6.07, 6.45) is 3.83. The zero-order valence-corrected chi connectivity index (χ0v) is 20.6.